The molecule has 0 bridgehead atoms. The molecule has 0 fully saturated rings. The number of benzene rings is 2. The van der Waals surface area contributed by atoms with Crippen molar-refractivity contribution in [3.63, 3.8) is 0 Å². The molecule has 0 aliphatic heterocycles. The number of hydrogen-bond acceptors (Lipinski definition) is 2. The van der Waals surface area contributed by atoms with Gasteiger partial charge in [0, 0.05) is 5.56 Å². The molecule has 0 radical (unpaired) electrons. The highest BCUT2D eigenvalue weighted by Crippen LogP contribution is 2.17. The summed E-state index contributed by atoms with van der Waals surface area (Å²) in [5.41, 5.74) is 0.514. The van der Waals surface area contributed by atoms with Crippen molar-refractivity contribution in [1.29, 1.82) is 0 Å². The molecule has 0 unspecified atom stereocenters. The summed E-state index contributed by atoms with van der Waals surface area (Å²) in [6.45, 7) is 0. The van der Waals surface area contributed by atoms with Crippen LogP contribution in [0, 0.1) is 0 Å². The minimum absolute atomic E-state index is 0.373. The number of rotatable bonds is 2. The first-order valence-corrected chi connectivity index (χ1v) is 4.55. The van der Waals surface area contributed by atoms with Gasteiger partial charge in [0.15, 0.2) is 0 Å². The summed E-state index contributed by atoms with van der Waals surface area (Å²) in [5, 5.41) is 3.96. The zero-order valence-corrected chi connectivity index (χ0v) is 7.94. The number of nitrogens with one attached hydrogen (secondary N) is 1. The highest BCUT2D eigenvalue weighted by atomic mass is 16.2. The van der Waals surface area contributed by atoms with Gasteiger partial charge in [-0.1, -0.05) is 36.4 Å². The Balaban J connectivity index is 2.60. The molecule has 2 rings (SSSR count). The van der Waals surface area contributed by atoms with Gasteiger partial charge in [-0.25, -0.2) is 0 Å². The third kappa shape index (κ3) is 1.72. The summed E-state index contributed by atoms with van der Waals surface area (Å²) in [7, 11) is 0. The molecule has 74 valence electrons. The Labute approximate surface area is 86.7 Å². The third-order valence-corrected chi connectivity index (χ3v) is 2.22. The van der Waals surface area contributed by atoms with E-state index in [-0.39, 0.29) is 5.91 Å². The van der Waals surface area contributed by atoms with Gasteiger partial charge in [0.2, 0.25) is 6.41 Å². The van der Waals surface area contributed by atoms with Crippen molar-refractivity contribution in [2.24, 2.45) is 0 Å². The maximum Gasteiger partial charge on any atom is 0.258 e. The zero-order valence-electron chi connectivity index (χ0n) is 7.94. The van der Waals surface area contributed by atoms with Crippen molar-refractivity contribution in [3.05, 3.63) is 48.0 Å². The Bertz CT molecular complexity index is 515. The van der Waals surface area contributed by atoms with Crippen LogP contribution in [0.15, 0.2) is 42.5 Å². The molecule has 0 saturated carbocycles. The van der Waals surface area contributed by atoms with Gasteiger partial charge in [-0.3, -0.25) is 14.9 Å². The number of fused-ring (bicyclic) bond motifs is 1. The minimum atomic E-state index is -0.373. The number of carbonyl (C=O) groups is 2. The van der Waals surface area contributed by atoms with E-state index in [0.29, 0.717) is 12.0 Å². The summed E-state index contributed by atoms with van der Waals surface area (Å²) < 4.78 is 0. The van der Waals surface area contributed by atoms with Gasteiger partial charge < -0.3 is 0 Å². The zero-order chi connectivity index (χ0) is 10.7. The molecule has 3 nitrogen and oxygen atoms in total. The second-order valence-corrected chi connectivity index (χ2v) is 3.12. The predicted octanol–water partition coefficient (Wildman–Crippen LogP) is 1.73. The van der Waals surface area contributed by atoms with E-state index in [2.05, 4.69) is 5.32 Å². The van der Waals surface area contributed by atoms with Crippen molar-refractivity contribution in [2.75, 3.05) is 0 Å². The largest absolute Gasteiger partial charge is 0.295 e. The van der Waals surface area contributed by atoms with Gasteiger partial charge in [0.25, 0.3) is 5.91 Å². The van der Waals surface area contributed by atoms with E-state index < -0.39 is 0 Å². The lowest BCUT2D eigenvalue weighted by molar-refractivity contribution is -0.108. The molecule has 0 saturated heterocycles. The van der Waals surface area contributed by atoms with E-state index in [1.807, 2.05) is 30.3 Å². The standard InChI is InChI=1S/C12H9NO2/c14-8-13-12(15)11-7-3-5-9-4-1-2-6-10(9)11/h1-8H,(H,13,14,15). The highest BCUT2D eigenvalue weighted by Gasteiger charge is 2.07. The second kappa shape index (κ2) is 3.92. The van der Waals surface area contributed by atoms with Crippen LogP contribution in [0.3, 0.4) is 0 Å². The molecule has 2 aromatic carbocycles. The van der Waals surface area contributed by atoms with E-state index in [0.717, 1.165) is 10.8 Å². The van der Waals surface area contributed by atoms with Crippen LogP contribution in [-0.2, 0) is 4.79 Å². The summed E-state index contributed by atoms with van der Waals surface area (Å²) in [5.74, 6) is -0.373. The molecule has 0 spiro atoms. The molecule has 0 aliphatic carbocycles. The minimum Gasteiger partial charge on any atom is -0.295 e. The Kier molecular flexibility index (Phi) is 2.46. The van der Waals surface area contributed by atoms with E-state index in [4.69, 9.17) is 0 Å². The Morgan fingerprint density at radius 1 is 1.07 bits per heavy atom. The first-order chi connectivity index (χ1) is 7.33. The molecule has 2 amide bonds. The number of imide groups is 1. The number of hydrogen-bond donors (Lipinski definition) is 1. The Hall–Kier alpha value is -2.16. The van der Waals surface area contributed by atoms with E-state index >= 15 is 0 Å². The summed E-state index contributed by atoms with van der Waals surface area (Å²) in [4.78, 5) is 21.7. The van der Waals surface area contributed by atoms with E-state index in [1.54, 1.807) is 12.1 Å². The second-order valence-electron chi connectivity index (χ2n) is 3.12. The Morgan fingerprint density at radius 2 is 1.80 bits per heavy atom. The topological polar surface area (TPSA) is 46.2 Å². The first kappa shape index (κ1) is 9.40. The van der Waals surface area contributed by atoms with Crippen LogP contribution < -0.4 is 5.32 Å². The molecule has 0 heterocycles. The highest BCUT2D eigenvalue weighted by molar-refractivity contribution is 6.09. The predicted molar refractivity (Wildman–Crippen MR) is 57.5 cm³/mol. The quantitative estimate of drug-likeness (QED) is 0.748. The summed E-state index contributed by atoms with van der Waals surface area (Å²) in [6.07, 6.45) is 0.393. The molecule has 0 aliphatic rings. The average Bonchev–Trinajstić information content (AvgIpc) is 2.28. The lowest BCUT2D eigenvalue weighted by Gasteiger charge is -2.03. The molecular weight excluding hydrogens is 190 g/mol. The van der Waals surface area contributed by atoms with Crippen molar-refractivity contribution in [1.82, 2.24) is 5.32 Å². The lowest BCUT2D eigenvalue weighted by atomic mass is 10.0. The van der Waals surface area contributed by atoms with Gasteiger partial charge in [-0.15, -0.1) is 0 Å². The summed E-state index contributed by atoms with van der Waals surface area (Å²) >= 11 is 0. The molecule has 3 heteroatoms. The number of carbonyl (C=O) groups excluding carboxylic acids is 2. The van der Waals surface area contributed by atoms with Crippen LogP contribution in [0.1, 0.15) is 10.4 Å². The monoisotopic (exact) mass is 199 g/mol. The van der Waals surface area contributed by atoms with E-state index in [9.17, 15) is 9.59 Å². The van der Waals surface area contributed by atoms with Crippen LogP contribution in [0.2, 0.25) is 0 Å². The van der Waals surface area contributed by atoms with Crippen molar-refractivity contribution in [2.45, 2.75) is 0 Å². The van der Waals surface area contributed by atoms with Crippen molar-refractivity contribution >= 4 is 23.1 Å². The smallest absolute Gasteiger partial charge is 0.258 e. The van der Waals surface area contributed by atoms with Crippen molar-refractivity contribution < 1.29 is 9.59 Å². The van der Waals surface area contributed by atoms with Gasteiger partial charge in [-0.2, -0.15) is 0 Å². The SMILES string of the molecule is O=CNC(=O)c1cccc2ccccc12. The number of amides is 2. The fraction of sp³-hybridized carbons (Fsp3) is 0. The molecular formula is C12H9NO2. The van der Waals surface area contributed by atoms with Crippen LogP contribution in [0.5, 0.6) is 0 Å². The van der Waals surface area contributed by atoms with Gasteiger partial charge >= 0.3 is 0 Å². The van der Waals surface area contributed by atoms with Gasteiger partial charge in [0.05, 0.1) is 0 Å². The fourth-order valence-electron chi connectivity index (χ4n) is 1.55. The maximum absolute atomic E-state index is 11.5. The first-order valence-electron chi connectivity index (χ1n) is 4.55. The molecule has 1 N–H and O–H groups in total. The fourth-order valence-corrected chi connectivity index (χ4v) is 1.55. The summed E-state index contributed by atoms with van der Waals surface area (Å²) in [6, 6.07) is 13.0. The van der Waals surface area contributed by atoms with Crippen molar-refractivity contribution in [3.8, 4) is 0 Å². The van der Waals surface area contributed by atoms with Gasteiger partial charge in [-0.05, 0) is 16.8 Å². The third-order valence-electron chi connectivity index (χ3n) is 2.22. The lowest BCUT2D eigenvalue weighted by Crippen LogP contribution is -2.21. The van der Waals surface area contributed by atoms with E-state index in [1.165, 1.54) is 0 Å². The van der Waals surface area contributed by atoms with Gasteiger partial charge in [0.1, 0.15) is 0 Å². The Morgan fingerprint density at radius 3 is 2.60 bits per heavy atom. The average molecular weight is 199 g/mol. The molecule has 0 aromatic heterocycles. The van der Waals surface area contributed by atoms with Crippen LogP contribution in [0.25, 0.3) is 10.8 Å². The molecule has 15 heavy (non-hydrogen) atoms. The normalized spacial score (nSPS) is 9.87. The van der Waals surface area contributed by atoms with Crippen LogP contribution >= 0.6 is 0 Å². The molecule has 2 aromatic rings. The van der Waals surface area contributed by atoms with Crippen LogP contribution in [-0.4, -0.2) is 12.3 Å². The maximum atomic E-state index is 11.5. The van der Waals surface area contributed by atoms with Crippen LogP contribution in [0.4, 0.5) is 0 Å². The molecule has 0 atom stereocenters.